The van der Waals surface area contributed by atoms with Crippen LogP contribution in [0.15, 0.2) is 41.4 Å². The molecule has 3 rings (SSSR count). The molecule has 1 N–H and O–H groups in total. The minimum Gasteiger partial charge on any atom is -0.342 e. The first-order valence-corrected chi connectivity index (χ1v) is 11.1. The number of benzene rings is 1. The molecular weight excluding hydrogens is 437 g/mol. The zero-order chi connectivity index (χ0) is 21.3. The Hall–Kier alpha value is -2.49. The number of carbonyl (C=O) groups is 1. The maximum Gasteiger partial charge on any atom is 0.251 e. The predicted molar refractivity (Wildman–Crippen MR) is 109 cm³/mol. The molecule has 0 unspecified atom stereocenters. The molecule has 0 aliphatic heterocycles. The Morgan fingerprint density at radius 3 is 2.52 bits per heavy atom. The van der Waals surface area contributed by atoms with E-state index in [2.05, 4.69) is 20.4 Å². The Kier molecular flexibility index (Phi) is 5.92. The van der Waals surface area contributed by atoms with Crippen molar-refractivity contribution in [2.75, 3.05) is 6.26 Å². The standard InChI is InChI=1S/C18H17Cl2N5O3S/c1-10(17-23-11(2)24-25(17)16-5-4-13(19)9-21-16)22-18(26)12-6-14(20)8-15(7-12)29(3,27)28/h4-10H,1-3H3,(H,22,26)/t10-/m1/s1. The zero-order valence-electron chi connectivity index (χ0n) is 15.7. The van der Waals surface area contributed by atoms with E-state index in [-0.39, 0.29) is 15.5 Å². The van der Waals surface area contributed by atoms with E-state index < -0.39 is 21.8 Å². The molecule has 8 nitrogen and oxygen atoms in total. The lowest BCUT2D eigenvalue weighted by Crippen LogP contribution is -2.29. The van der Waals surface area contributed by atoms with Gasteiger partial charge in [0, 0.05) is 23.0 Å². The molecule has 0 saturated carbocycles. The van der Waals surface area contributed by atoms with Crippen molar-refractivity contribution >= 4 is 38.9 Å². The molecular formula is C18H17Cl2N5O3S. The summed E-state index contributed by atoms with van der Waals surface area (Å²) in [7, 11) is -3.51. The number of aromatic nitrogens is 4. The van der Waals surface area contributed by atoms with Gasteiger partial charge in [0.1, 0.15) is 5.82 Å². The van der Waals surface area contributed by atoms with Crippen molar-refractivity contribution in [1.29, 1.82) is 0 Å². The second-order valence-electron chi connectivity index (χ2n) is 6.41. The topological polar surface area (TPSA) is 107 Å². The molecule has 2 aromatic heterocycles. The van der Waals surface area contributed by atoms with E-state index in [1.165, 1.54) is 29.1 Å². The smallest absolute Gasteiger partial charge is 0.251 e. The highest BCUT2D eigenvalue weighted by atomic mass is 35.5. The molecule has 0 spiro atoms. The molecule has 11 heteroatoms. The molecule has 0 fully saturated rings. The van der Waals surface area contributed by atoms with Gasteiger partial charge in [-0.3, -0.25) is 4.79 Å². The van der Waals surface area contributed by atoms with Crippen LogP contribution >= 0.6 is 23.2 Å². The highest BCUT2D eigenvalue weighted by Crippen LogP contribution is 2.21. The number of carbonyl (C=O) groups excluding carboxylic acids is 1. The number of nitrogens with one attached hydrogen (secondary N) is 1. The number of hydrogen-bond donors (Lipinski definition) is 1. The van der Waals surface area contributed by atoms with E-state index in [4.69, 9.17) is 23.2 Å². The van der Waals surface area contributed by atoms with Crippen molar-refractivity contribution in [3.63, 3.8) is 0 Å². The lowest BCUT2D eigenvalue weighted by molar-refractivity contribution is 0.0937. The average Bonchev–Trinajstić information content (AvgIpc) is 3.03. The second-order valence-corrected chi connectivity index (χ2v) is 9.30. The average molecular weight is 454 g/mol. The van der Waals surface area contributed by atoms with Crippen molar-refractivity contribution in [3.05, 3.63) is 63.8 Å². The van der Waals surface area contributed by atoms with E-state index in [1.807, 2.05) is 0 Å². The van der Waals surface area contributed by atoms with Crippen LogP contribution in [-0.4, -0.2) is 40.3 Å². The predicted octanol–water partition coefficient (Wildman–Crippen LogP) is 3.17. The molecule has 2 heterocycles. The number of pyridine rings is 1. The molecule has 1 amide bonds. The van der Waals surface area contributed by atoms with Gasteiger partial charge in [-0.15, -0.1) is 5.10 Å². The molecule has 0 radical (unpaired) electrons. The number of nitrogens with zero attached hydrogens (tertiary/aromatic N) is 4. The molecule has 1 atom stereocenters. The summed E-state index contributed by atoms with van der Waals surface area (Å²) in [5.41, 5.74) is 0.122. The summed E-state index contributed by atoms with van der Waals surface area (Å²) in [6.45, 7) is 3.45. The van der Waals surface area contributed by atoms with Gasteiger partial charge >= 0.3 is 0 Å². The largest absolute Gasteiger partial charge is 0.342 e. The third-order valence-corrected chi connectivity index (χ3v) is 5.50. The lowest BCUT2D eigenvalue weighted by atomic mass is 10.2. The quantitative estimate of drug-likeness (QED) is 0.635. The van der Waals surface area contributed by atoms with Gasteiger partial charge in [0.25, 0.3) is 5.91 Å². The number of halogens is 2. The van der Waals surface area contributed by atoms with E-state index in [9.17, 15) is 13.2 Å². The summed E-state index contributed by atoms with van der Waals surface area (Å²) < 4.78 is 25.1. The first-order valence-electron chi connectivity index (χ1n) is 8.41. The fourth-order valence-electron chi connectivity index (χ4n) is 2.63. The summed E-state index contributed by atoms with van der Waals surface area (Å²) in [5.74, 6) is 0.949. The van der Waals surface area contributed by atoms with E-state index in [0.717, 1.165) is 6.26 Å². The highest BCUT2D eigenvalue weighted by molar-refractivity contribution is 7.90. The minimum absolute atomic E-state index is 0.0350. The molecule has 0 aliphatic rings. The maximum absolute atomic E-state index is 12.7. The van der Waals surface area contributed by atoms with Crippen molar-refractivity contribution in [1.82, 2.24) is 25.1 Å². The van der Waals surface area contributed by atoms with Crippen molar-refractivity contribution in [2.45, 2.75) is 24.8 Å². The van der Waals surface area contributed by atoms with Crippen LogP contribution in [0.4, 0.5) is 0 Å². The van der Waals surface area contributed by atoms with Crippen LogP contribution in [0.1, 0.15) is 35.0 Å². The van der Waals surface area contributed by atoms with Crippen LogP contribution in [0, 0.1) is 6.92 Å². The molecule has 29 heavy (non-hydrogen) atoms. The Morgan fingerprint density at radius 1 is 1.17 bits per heavy atom. The number of amides is 1. The second kappa shape index (κ2) is 8.10. The van der Waals surface area contributed by atoms with Crippen LogP contribution in [-0.2, 0) is 9.84 Å². The van der Waals surface area contributed by atoms with Crippen LogP contribution in [0.5, 0.6) is 0 Å². The van der Waals surface area contributed by atoms with Crippen molar-refractivity contribution in [2.24, 2.45) is 0 Å². The third kappa shape index (κ3) is 4.92. The van der Waals surface area contributed by atoms with Crippen molar-refractivity contribution in [3.8, 4) is 5.82 Å². The number of hydrogen-bond acceptors (Lipinski definition) is 6. The Balaban J connectivity index is 1.90. The molecule has 0 bridgehead atoms. The molecule has 152 valence electrons. The van der Waals surface area contributed by atoms with Gasteiger partial charge < -0.3 is 5.32 Å². The number of aryl methyl sites for hydroxylation is 1. The van der Waals surface area contributed by atoms with Crippen LogP contribution in [0.25, 0.3) is 5.82 Å². The maximum atomic E-state index is 12.7. The van der Waals surface area contributed by atoms with Gasteiger partial charge in [-0.1, -0.05) is 23.2 Å². The summed E-state index contributed by atoms with van der Waals surface area (Å²) in [5, 5.41) is 7.73. The number of rotatable bonds is 5. The molecule has 1 aromatic carbocycles. The first-order chi connectivity index (χ1) is 13.5. The van der Waals surface area contributed by atoms with Gasteiger partial charge in [-0.25, -0.2) is 18.4 Å². The minimum atomic E-state index is -3.51. The summed E-state index contributed by atoms with van der Waals surface area (Å²) in [6, 6.07) is 6.77. The highest BCUT2D eigenvalue weighted by Gasteiger charge is 2.21. The fraction of sp³-hybridized carbons (Fsp3) is 0.222. The number of sulfone groups is 1. The van der Waals surface area contributed by atoms with Gasteiger partial charge in [0.2, 0.25) is 0 Å². The van der Waals surface area contributed by atoms with E-state index in [0.29, 0.717) is 22.5 Å². The Labute approximate surface area is 177 Å². The van der Waals surface area contributed by atoms with Gasteiger partial charge in [-0.05, 0) is 44.2 Å². The summed E-state index contributed by atoms with van der Waals surface area (Å²) in [4.78, 5) is 21.3. The van der Waals surface area contributed by atoms with Crippen LogP contribution in [0.3, 0.4) is 0 Å². The van der Waals surface area contributed by atoms with Gasteiger partial charge in [0.15, 0.2) is 21.5 Å². The zero-order valence-corrected chi connectivity index (χ0v) is 18.0. The fourth-order valence-corrected chi connectivity index (χ4v) is 3.72. The third-order valence-electron chi connectivity index (χ3n) is 3.96. The van der Waals surface area contributed by atoms with E-state index >= 15 is 0 Å². The lowest BCUT2D eigenvalue weighted by Gasteiger charge is -2.15. The monoisotopic (exact) mass is 453 g/mol. The van der Waals surface area contributed by atoms with E-state index in [1.54, 1.807) is 26.0 Å². The van der Waals surface area contributed by atoms with Gasteiger partial charge in [-0.2, -0.15) is 4.68 Å². The SMILES string of the molecule is Cc1nc([C@@H](C)NC(=O)c2cc(Cl)cc(S(C)(=O)=O)c2)n(-c2ccc(Cl)cn2)n1. The van der Waals surface area contributed by atoms with Crippen LogP contribution in [0.2, 0.25) is 10.0 Å². The Bertz CT molecular complexity index is 1180. The first kappa shape index (κ1) is 21.2. The normalized spacial score (nSPS) is 12.6. The van der Waals surface area contributed by atoms with Crippen LogP contribution < -0.4 is 5.32 Å². The molecule has 3 aromatic rings. The summed E-state index contributed by atoms with van der Waals surface area (Å²) >= 11 is 11.9. The van der Waals surface area contributed by atoms with Crippen molar-refractivity contribution < 1.29 is 13.2 Å². The van der Waals surface area contributed by atoms with Gasteiger partial charge in [0.05, 0.1) is 16.0 Å². The Morgan fingerprint density at radius 2 is 1.90 bits per heavy atom. The molecule has 0 saturated heterocycles. The molecule has 0 aliphatic carbocycles. The summed E-state index contributed by atoms with van der Waals surface area (Å²) in [6.07, 6.45) is 2.53.